The quantitative estimate of drug-likeness (QED) is 0.197. The zero-order valence-corrected chi connectivity index (χ0v) is 18.0. The fraction of sp³-hybridized carbons (Fsp3) is 0.562. The van der Waals surface area contributed by atoms with Crippen molar-refractivity contribution >= 4 is 52.6 Å². The molecule has 0 N–H and O–H groups in total. The highest BCUT2D eigenvalue weighted by Crippen LogP contribution is 2.40. The zero-order valence-electron chi connectivity index (χ0n) is 15.6. The summed E-state index contributed by atoms with van der Waals surface area (Å²) in [6.45, 7) is 3.34. The van der Waals surface area contributed by atoms with Crippen molar-refractivity contribution in [1.82, 2.24) is 0 Å². The molecule has 10 nitrogen and oxygen atoms in total. The lowest BCUT2D eigenvalue weighted by molar-refractivity contribution is -0.201. The van der Waals surface area contributed by atoms with Gasteiger partial charge in [0.2, 0.25) is 0 Å². The highest BCUT2D eigenvalue weighted by atomic mass is 35.5. The molecule has 1 aromatic heterocycles. The van der Waals surface area contributed by atoms with Crippen LogP contribution in [0.25, 0.3) is 10.4 Å². The molecule has 0 aliphatic carbocycles. The molecular weight excluding hydrogens is 446 g/mol. The average Bonchev–Trinajstić information content (AvgIpc) is 3.02. The van der Waals surface area contributed by atoms with E-state index in [-0.39, 0.29) is 6.61 Å². The first-order chi connectivity index (χ1) is 13.7. The van der Waals surface area contributed by atoms with E-state index >= 15 is 0 Å². The first-order valence-corrected chi connectivity index (χ1v) is 10.4. The number of halogens is 1. The predicted octanol–water partition coefficient (Wildman–Crippen LogP) is 3.32. The van der Waals surface area contributed by atoms with Crippen LogP contribution in [0.15, 0.2) is 20.8 Å². The number of ether oxygens (including phenoxy) is 4. The topological polar surface area (TPSA) is 137 Å². The number of esters is 3. The maximum absolute atomic E-state index is 11.7. The van der Waals surface area contributed by atoms with Gasteiger partial charge in [-0.3, -0.25) is 14.4 Å². The van der Waals surface area contributed by atoms with E-state index in [0.717, 1.165) is 4.21 Å². The lowest BCUT2D eigenvalue weighted by atomic mass is 9.97. The van der Waals surface area contributed by atoms with Gasteiger partial charge in [-0.05, 0) is 11.6 Å². The molecule has 1 aliphatic heterocycles. The van der Waals surface area contributed by atoms with Crippen molar-refractivity contribution in [2.24, 2.45) is 5.11 Å². The van der Waals surface area contributed by atoms with Gasteiger partial charge >= 0.3 is 17.9 Å². The summed E-state index contributed by atoms with van der Waals surface area (Å²) in [5, 5.41) is 5.94. The van der Waals surface area contributed by atoms with Crippen molar-refractivity contribution in [3.63, 3.8) is 0 Å². The van der Waals surface area contributed by atoms with Crippen LogP contribution in [0.4, 0.5) is 0 Å². The van der Waals surface area contributed by atoms with Crippen LogP contribution in [-0.4, -0.2) is 54.3 Å². The van der Waals surface area contributed by atoms with Crippen LogP contribution in [0.3, 0.4) is 0 Å². The lowest BCUT2D eigenvalue weighted by Crippen LogP contribution is -2.59. The summed E-state index contributed by atoms with van der Waals surface area (Å²) in [4.78, 5) is 37.3. The molecule has 0 bridgehead atoms. The second kappa shape index (κ2) is 10.7. The minimum atomic E-state index is -1.13. The van der Waals surface area contributed by atoms with Crippen molar-refractivity contribution in [3.8, 4) is 0 Å². The zero-order chi connectivity index (χ0) is 21.6. The Morgan fingerprint density at radius 2 is 1.90 bits per heavy atom. The van der Waals surface area contributed by atoms with E-state index in [0.29, 0.717) is 5.02 Å². The molecule has 1 fully saturated rings. The number of thiophene rings is 1. The normalized spacial score (nSPS) is 26.1. The molecule has 29 heavy (non-hydrogen) atoms. The first kappa shape index (κ1) is 23.3. The van der Waals surface area contributed by atoms with Gasteiger partial charge in [-0.1, -0.05) is 28.5 Å². The molecule has 0 unspecified atom stereocenters. The fourth-order valence-electron chi connectivity index (χ4n) is 2.64. The molecule has 0 radical (unpaired) electrons. The molecule has 1 aliphatic rings. The highest BCUT2D eigenvalue weighted by molar-refractivity contribution is 8.01. The van der Waals surface area contributed by atoms with E-state index < -0.39 is 47.7 Å². The van der Waals surface area contributed by atoms with Crippen molar-refractivity contribution in [2.75, 3.05) is 6.61 Å². The van der Waals surface area contributed by atoms with Gasteiger partial charge in [0.25, 0.3) is 0 Å². The Hall–Kier alpha value is -1.98. The number of rotatable bonds is 7. The molecule has 1 saturated heterocycles. The summed E-state index contributed by atoms with van der Waals surface area (Å²) in [7, 11) is 0. The van der Waals surface area contributed by atoms with E-state index in [1.54, 1.807) is 11.4 Å². The second-order valence-corrected chi connectivity index (χ2v) is 8.64. The van der Waals surface area contributed by atoms with Crippen molar-refractivity contribution in [3.05, 3.63) is 26.9 Å². The minimum absolute atomic E-state index is 0.250. The van der Waals surface area contributed by atoms with E-state index in [1.165, 1.54) is 43.9 Å². The van der Waals surface area contributed by atoms with Crippen LogP contribution in [0.5, 0.6) is 0 Å². The van der Waals surface area contributed by atoms with Gasteiger partial charge < -0.3 is 18.9 Å². The highest BCUT2D eigenvalue weighted by Gasteiger charge is 2.50. The number of nitrogens with zero attached hydrogens (tertiary/aromatic N) is 3. The Labute approximate surface area is 179 Å². The maximum Gasteiger partial charge on any atom is 0.303 e. The number of carbonyl (C=O) groups is 3. The Balaban J connectivity index is 2.40. The van der Waals surface area contributed by atoms with Crippen LogP contribution in [0, 0.1) is 0 Å². The second-order valence-electron chi connectivity index (χ2n) is 5.89. The summed E-state index contributed by atoms with van der Waals surface area (Å²) in [6, 6.07) is 0.599. The smallest absolute Gasteiger partial charge is 0.303 e. The number of carbonyl (C=O) groups excluding carboxylic acids is 3. The van der Waals surface area contributed by atoms with Crippen molar-refractivity contribution in [2.45, 2.75) is 54.8 Å². The Bertz CT molecular complexity index is 814. The molecule has 0 amide bonds. The van der Waals surface area contributed by atoms with Crippen LogP contribution < -0.4 is 0 Å². The summed E-state index contributed by atoms with van der Waals surface area (Å²) >= 11 is 8.50. The molecule has 0 saturated carbocycles. The third-order valence-corrected chi connectivity index (χ3v) is 6.24. The molecule has 1 aromatic rings. The molecule has 0 spiro atoms. The number of azide groups is 1. The fourth-order valence-corrected chi connectivity index (χ4v) is 5.13. The Kier molecular flexibility index (Phi) is 8.60. The van der Waals surface area contributed by atoms with Gasteiger partial charge in [-0.25, -0.2) is 0 Å². The number of hydrogen-bond acceptors (Lipinski definition) is 10. The van der Waals surface area contributed by atoms with Gasteiger partial charge in [0.15, 0.2) is 0 Å². The summed E-state index contributed by atoms with van der Waals surface area (Å²) < 4.78 is 22.4. The van der Waals surface area contributed by atoms with Gasteiger partial charge in [-0.2, -0.15) is 0 Å². The molecule has 13 heteroatoms. The van der Waals surface area contributed by atoms with Gasteiger partial charge in [0.1, 0.15) is 36.4 Å². The maximum atomic E-state index is 11.7. The Morgan fingerprint density at radius 3 is 2.41 bits per heavy atom. The lowest BCUT2D eigenvalue weighted by Gasteiger charge is -2.43. The molecular formula is C16H18ClN3O7S2. The third kappa shape index (κ3) is 6.79. The molecule has 2 heterocycles. The van der Waals surface area contributed by atoms with Crippen LogP contribution in [-0.2, 0) is 33.3 Å². The number of thioether (sulfide) groups is 1. The summed E-state index contributed by atoms with van der Waals surface area (Å²) in [5.41, 5.74) is 8.20. The SMILES string of the molecule is CC(=O)OC[C@H]1O[C@H](Sc2cc(Cl)cs2)[C@H](OC(C)=O)[C@@H](N=[N+]=[N-])[C@H]1OC(C)=O. The summed E-state index contributed by atoms with van der Waals surface area (Å²) in [5.74, 6) is -1.86. The van der Waals surface area contributed by atoms with Gasteiger partial charge in [0, 0.05) is 31.1 Å². The van der Waals surface area contributed by atoms with E-state index in [4.69, 9.17) is 36.1 Å². The molecule has 0 aromatic carbocycles. The Morgan fingerprint density at radius 1 is 1.24 bits per heavy atom. The summed E-state index contributed by atoms with van der Waals surface area (Å²) in [6.07, 6.45) is -3.14. The van der Waals surface area contributed by atoms with Crippen molar-refractivity contribution < 1.29 is 33.3 Å². The monoisotopic (exact) mass is 463 g/mol. The number of hydrogen-bond donors (Lipinski definition) is 0. The minimum Gasteiger partial charge on any atom is -0.463 e. The van der Waals surface area contributed by atoms with E-state index in [1.807, 2.05) is 0 Å². The van der Waals surface area contributed by atoms with Crippen LogP contribution >= 0.6 is 34.7 Å². The largest absolute Gasteiger partial charge is 0.463 e. The van der Waals surface area contributed by atoms with E-state index in [9.17, 15) is 14.4 Å². The van der Waals surface area contributed by atoms with Crippen molar-refractivity contribution in [1.29, 1.82) is 0 Å². The first-order valence-electron chi connectivity index (χ1n) is 8.29. The van der Waals surface area contributed by atoms with Gasteiger partial charge in [0.05, 0.1) is 9.23 Å². The van der Waals surface area contributed by atoms with Crippen LogP contribution in [0.1, 0.15) is 20.8 Å². The third-order valence-electron chi connectivity index (χ3n) is 3.63. The molecule has 2 rings (SSSR count). The van der Waals surface area contributed by atoms with Gasteiger partial charge in [-0.15, -0.1) is 11.3 Å². The average molecular weight is 464 g/mol. The molecule has 5 atom stereocenters. The van der Waals surface area contributed by atoms with Crippen LogP contribution in [0.2, 0.25) is 5.02 Å². The van der Waals surface area contributed by atoms with E-state index in [2.05, 4.69) is 10.0 Å². The predicted molar refractivity (Wildman–Crippen MR) is 105 cm³/mol. The molecule has 158 valence electrons. The standard InChI is InChI=1S/C16H18ClN3O7S2/c1-7(21)24-5-11-14(25-8(2)22)13(19-20-18)15(26-9(3)23)16(27-11)29-12-4-10(17)6-28-12/h4,6,11,13-16H,5H2,1-3H3/t11-,13+,14+,15-,16-/m1/s1.